The van der Waals surface area contributed by atoms with Crippen LogP contribution >= 0.6 is 11.6 Å². The molecule has 1 fully saturated rings. The minimum absolute atomic E-state index is 0.162. The van der Waals surface area contributed by atoms with E-state index in [2.05, 4.69) is 21.8 Å². The molecular weight excluding hydrogens is 274 g/mol. The van der Waals surface area contributed by atoms with Crippen molar-refractivity contribution in [2.45, 2.75) is 19.4 Å². The van der Waals surface area contributed by atoms with Gasteiger partial charge in [-0.1, -0.05) is 18.5 Å². The summed E-state index contributed by atoms with van der Waals surface area (Å²) < 4.78 is 27.0. The highest BCUT2D eigenvalue weighted by Crippen LogP contribution is 2.23. The highest BCUT2D eigenvalue weighted by atomic mass is 35.5. The standard InChI is InChI=1S/C12H17ClF2N4/c1-2-3-18-4-5-19(7-9(18)6-14)12-10(15)11(13)16-8-17-12/h8-9H,2-7H2,1H3. The molecule has 1 aromatic rings. The number of hydrogen-bond donors (Lipinski definition) is 0. The number of alkyl halides is 1. The molecule has 2 heterocycles. The van der Waals surface area contributed by atoms with Gasteiger partial charge in [-0.15, -0.1) is 0 Å². The molecule has 1 aliphatic rings. The Kier molecular flexibility index (Phi) is 4.87. The molecule has 0 saturated carbocycles. The molecule has 2 rings (SSSR count). The number of aromatic nitrogens is 2. The Labute approximate surface area is 116 Å². The van der Waals surface area contributed by atoms with Crippen molar-refractivity contribution in [2.75, 3.05) is 37.8 Å². The van der Waals surface area contributed by atoms with E-state index in [1.807, 2.05) is 0 Å². The maximum absolute atomic E-state index is 13.9. The molecule has 19 heavy (non-hydrogen) atoms. The van der Waals surface area contributed by atoms with Crippen LogP contribution in [0.3, 0.4) is 0 Å². The minimum atomic E-state index is -0.634. The molecule has 1 atom stereocenters. The molecule has 106 valence electrons. The van der Waals surface area contributed by atoms with Gasteiger partial charge in [0.2, 0.25) is 5.82 Å². The zero-order valence-corrected chi connectivity index (χ0v) is 11.6. The molecule has 1 aromatic heterocycles. The van der Waals surface area contributed by atoms with Crippen molar-refractivity contribution in [2.24, 2.45) is 0 Å². The van der Waals surface area contributed by atoms with E-state index in [0.29, 0.717) is 19.6 Å². The number of rotatable bonds is 4. The van der Waals surface area contributed by atoms with Gasteiger partial charge in [0.25, 0.3) is 0 Å². The smallest absolute Gasteiger partial charge is 0.202 e. The van der Waals surface area contributed by atoms with Gasteiger partial charge in [-0.2, -0.15) is 4.39 Å². The van der Waals surface area contributed by atoms with Gasteiger partial charge >= 0.3 is 0 Å². The third-order valence-corrected chi connectivity index (χ3v) is 3.59. The first-order valence-electron chi connectivity index (χ1n) is 6.38. The fourth-order valence-electron chi connectivity index (χ4n) is 2.37. The average molecular weight is 291 g/mol. The van der Waals surface area contributed by atoms with Crippen molar-refractivity contribution in [1.29, 1.82) is 0 Å². The first kappa shape index (κ1) is 14.4. The number of hydrogen-bond acceptors (Lipinski definition) is 4. The number of anilines is 1. The Morgan fingerprint density at radius 2 is 2.21 bits per heavy atom. The molecule has 0 spiro atoms. The van der Waals surface area contributed by atoms with E-state index >= 15 is 0 Å². The van der Waals surface area contributed by atoms with Gasteiger partial charge in [0.05, 0.1) is 6.04 Å². The summed E-state index contributed by atoms with van der Waals surface area (Å²) in [6.07, 6.45) is 2.20. The highest BCUT2D eigenvalue weighted by molar-refractivity contribution is 6.29. The normalized spacial score (nSPS) is 20.8. The summed E-state index contributed by atoms with van der Waals surface area (Å²) in [5, 5.41) is -0.196. The zero-order chi connectivity index (χ0) is 13.8. The van der Waals surface area contributed by atoms with Crippen molar-refractivity contribution in [3.8, 4) is 0 Å². The van der Waals surface area contributed by atoms with E-state index in [1.165, 1.54) is 6.33 Å². The summed E-state index contributed by atoms with van der Waals surface area (Å²) in [7, 11) is 0. The van der Waals surface area contributed by atoms with Gasteiger partial charge < -0.3 is 4.90 Å². The van der Waals surface area contributed by atoms with Crippen LogP contribution in [-0.2, 0) is 0 Å². The Morgan fingerprint density at radius 3 is 2.89 bits per heavy atom. The Bertz CT molecular complexity index is 432. The average Bonchev–Trinajstić information content (AvgIpc) is 2.43. The van der Waals surface area contributed by atoms with Crippen LogP contribution in [0.5, 0.6) is 0 Å². The van der Waals surface area contributed by atoms with E-state index in [9.17, 15) is 8.78 Å². The predicted octanol–water partition coefficient (Wildman–Crippen LogP) is 2.14. The van der Waals surface area contributed by atoms with Crippen molar-refractivity contribution >= 4 is 17.4 Å². The second-order valence-electron chi connectivity index (χ2n) is 4.59. The quantitative estimate of drug-likeness (QED) is 0.795. The Hall–Kier alpha value is -1.01. The van der Waals surface area contributed by atoms with Crippen molar-refractivity contribution in [3.63, 3.8) is 0 Å². The lowest BCUT2D eigenvalue weighted by atomic mass is 10.1. The predicted molar refractivity (Wildman–Crippen MR) is 70.8 cm³/mol. The van der Waals surface area contributed by atoms with Gasteiger partial charge in [0, 0.05) is 19.6 Å². The molecule has 1 saturated heterocycles. The van der Waals surface area contributed by atoms with E-state index < -0.39 is 12.5 Å². The maximum atomic E-state index is 13.9. The number of nitrogens with zero attached hydrogens (tertiary/aromatic N) is 4. The summed E-state index contributed by atoms with van der Waals surface area (Å²) >= 11 is 5.64. The van der Waals surface area contributed by atoms with Crippen LogP contribution in [-0.4, -0.2) is 53.8 Å². The first-order chi connectivity index (χ1) is 9.17. The molecule has 0 bridgehead atoms. The number of piperazine rings is 1. The van der Waals surface area contributed by atoms with E-state index in [-0.39, 0.29) is 17.0 Å². The summed E-state index contributed by atoms with van der Waals surface area (Å²) in [5.74, 6) is -0.472. The van der Waals surface area contributed by atoms with E-state index in [0.717, 1.165) is 13.0 Å². The zero-order valence-electron chi connectivity index (χ0n) is 10.8. The molecule has 1 unspecified atom stereocenters. The molecule has 1 aliphatic heterocycles. The van der Waals surface area contributed by atoms with Crippen LogP contribution in [0.2, 0.25) is 5.15 Å². The molecule has 0 N–H and O–H groups in total. The van der Waals surface area contributed by atoms with Crippen LogP contribution in [0.4, 0.5) is 14.6 Å². The first-order valence-corrected chi connectivity index (χ1v) is 6.76. The monoisotopic (exact) mass is 290 g/mol. The summed E-state index contributed by atoms with van der Waals surface area (Å²) in [4.78, 5) is 11.3. The van der Waals surface area contributed by atoms with Crippen LogP contribution in [0, 0.1) is 5.82 Å². The topological polar surface area (TPSA) is 32.3 Å². The van der Waals surface area contributed by atoms with Crippen molar-refractivity contribution in [1.82, 2.24) is 14.9 Å². The lowest BCUT2D eigenvalue weighted by molar-refractivity contribution is 0.148. The molecule has 0 aromatic carbocycles. The highest BCUT2D eigenvalue weighted by Gasteiger charge is 2.29. The summed E-state index contributed by atoms with van der Waals surface area (Å²) in [6, 6.07) is -0.221. The lowest BCUT2D eigenvalue weighted by Gasteiger charge is -2.40. The third-order valence-electron chi connectivity index (χ3n) is 3.32. The fourth-order valence-corrected chi connectivity index (χ4v) is 2.50. The SMILES string of the molecule is CCCN1CCN(c2ncnc(Cl)c2F)CC1CF. The second-order valence-corrected chi connectivity index (χ2v) is 4.95. The minimum Gasteiger partial charge on any atom is -0.351 e. The van der Waals surface area contributed by atoms with Gasteiger partial charge in [0.15, 0.2) is 11.0 Å². The third kappa shape index (κ3) is 3.12. The van der Waals surface area contributed by atoms with E-state index in [4.69, 9.17) is 11.6 Å². The van der Waals surface area contributed by atoms with Crippen LogP contribution in [0.25, 0.3) is 0 Å². The van der Waals surface area contributed by atoms with Gasteiger partial charge in [-0.25, -0.2) is 14.4 Å². The van der Waals surface area contributed by atoms with Crippen molar-refractivity contribution in [3.05, 3.63) is 17.3 Å². The molecular formula is C12H17ClF2N4. The molecule has 4 nitrogen and oxygen atoms in total. The molecule has 0 radical (unpaired) electrons. The van der Waals surface area contributed by atoms with E-state index in [1.54, 1.807) is 4.90 Å². The molecule has 0 aliphatic carbocycles. The van der Waals surface area contributed by atoms with Crippen LogP contribution < -0.4 is 4.90 Å². The Balaban J connectivity index is 2.13. The fraction of sp³-hybridized carbons (Fsp3) is 0.667. The summed E-state index contributed by atoms with van der Waals surface area (Å²) in [5.41, 5.74) is 0. The van der Waals surface area contributed by atoms with Crippen LogP contribution in [0.1, 0.15) is 13.3 Å². The molecule has 7 heteroatoms. The lowest BCUT2D eigenvalue weighted by Crippen LogP contribution is -2.54. The second kappa shape index (κ2) is 6.43. The molecule has 0 amide bonds. The van der Waals surface area contributed by atoms with Gasteiger partial charge in [-0.3, -0.25) is 4.90 Å². The van der Waals surface area contributed by atoms with Crippen molar-refractivity contribution < 1.29 is 8.78 Å². The van der Waals surface area contributed by atoms with Crippen LogP contribution in [0.15, 0.2) is 6.33 Å². The van der Waals surface area contributed by atoms with Gasteiger partial charge in [0.1, 0.15) is 13.0 Å². The van der Waals surface area contributed by atoms with Gasteiger partial charge in [-0.05, 0) is 13.0 Å². The largest absolute Gasteiger partial charge is 0.351 e. The summed E-state index contributed by atoms with van der Waals surface area (Å²) in [6.45, 7) is 4.20. The maximum Gasteiger partial charge on any atom is 0.202 e. The Morgan fingerprint density at radius 1 is 1.42 bits per heavy atom. The number of halogens is 3.